The van der Waals surface area contributed by atoms with Crippen LogP contribution in [0.4, 0.5) is 0 Å². The van der Waals surface area contributed by atoms with Crippen LogP contribution in [0.25, 0.3) is 0 Å². The lowest BCUT2D eigenvalue weighted by molar-refractivity contribution is -0.152. The van der Waals surface area contributed by atoms with Crippen LogP contribution >= 0.6 is 0 Å². The zero-order valence-corrected chi connectivity index (χ0v) is 15.1. The van der Waals surface area contributed by atoms with Gasteiger partial charge in [0.1, 0.15) is 11.8 Å². The number of carboxylic acid groups (broad SMARTS) is 1. The van der Waals surface area contributed by atoms with Crippen molar-refractivity contribution in [2.24, 2.45) is 5.92 Å². The number of aliphatic carboxylic acids is 1. The zero-order valence-electron chi connectivity index (χ0n) is 15.1. The van der Waals surface area contributed by atoms with Crippen molar-refractivity contribution in [3.63, 3.8) is 0 Å². The minimum atomic E-state index is -1.69. The van der Waals surface area contributed by atoms with Crippen LogP contribution in [0.3, 0.4) is 0 Å². The summed E-state index contributed by atoms with van der Waals surface area (Å²) in [5.74, 6) is -3.62. The second-order valence-corrected chi connectivity index (χ2v) is 6.46. The van der Waals surface area contributed by atoms with Gasteiger partial charge in [-0.15, -0.1) is 0 Å². The topological polar surface area (TPSA) is 119 Å². The second kappa shape index (κ2) is 9.70. The minimum Gasteiger partial charge on any atom is -0.474 e. The third kappa shape index (κ3) is 6.09. The molecule has 1 amide bonds. The molecule has 1 saturated carbocycles. The standard InChI is InChI=1S/C19H23NO7/c1-26-19(25)15(20-16(21)17(22)23)11-12-7-9-14(10-8-12)27-18(24)13-5-3-2-4-6-13/h7-10,13,15H,2-6,11H2,1H3,(H,20,21)(H,22,23)/t15-/m1/s1. The Bertz CT molecular complexity index is 693. The third-order valence-corrected chi connectivity index (χ3v) is 4.51. The van der Waals surface area contributed by atoms with Gasteiger partial charge in [0.25, 0.3) is 0 Å². The Kier molecular flexibility index (Phi) is 7.34. The highest BCUT2D eigenvalue weighted by atomic mass is 16.5. The van der Waals surface area contributed by atoms with Gasteiger partial charge < -0.3 is 19.9 Å². The van der Waals surface area contributed by atoms with Crippen LogP contribution in [0.2, 0.25) is 0 Å². The van der Waals surface area contributed by atoms with Crippen LogP contribution in [0.1, 0.15) is 37.7 Å². The fraction of sp³-hybridized carbons (Fsp3) is 0.474. The van der Waals surface area contributed by atoms with Crippen molar-refractivity contribution in [3.8, 4) is 5.75 Å². The van der Waals surface area contributed by atoms with E-state index in [-0.39, 0.29) is 18.3 Å². The summed E-state index contributed by atoms with van der Waals surface area (Å²) in [4.78, 5) is 45.9. The van der Waals surface area contributed by atoms with Crippen molar-refractivity contribution in [3.05, 3.63) is 29.8 Å². The fourth-order valence-electron chi connectivity index (χ4n) is 3.02. The molecule has 0 heterocycles. The van der Waals surface area contributed by atoms with E-state index < -0.39 is 23.9 Å². The molecule has 0 radical (unpaired) electrons. The van der Waals surface area contributed by atoms with Crippen molar-refractivity contribution >= 4 is 23.8 Å². The first-order valence-corrected chi connectivity index (χ1v) is 8.83. The molecule has 0 bridgehead atoms. The summed E-state index contributed by atoms with van der Waals surface area (Å²) >= 11 is 0. The maximum atomic E-state index is 12.2. The average Bonchev–Trinajstić information content (AvgIpc) is 2.68. The Hall–Kier alpha value is -2.90. The predicted octanol–water partition coefficient (Wildman–Crippen LogP) is 1.46. The van der Waals surface area contributed by atoms with E-state index in [2.05, 4.69) is 10.1 Å². The van der Waals surface area contributed by atoms with Gasteiger partial charge in [-0.25, -0.2) is 9.59 Å². The van der Waals surface area contributed by atoms with E-state index in [4.69, 9.17) is 9.84 Å². The SMILES string of the molecule is COC(=O)[C@@H](Cc1ccc(OC(=O)C2CCCCC2)cc1)NC(=O)C(=O)O. The fourth-order valence-corrected chi connectivity index (χ4v) is 3.02. The number of esters is 2. The molecule has 2 N–H and O–H groups in total. The highest BCUT2D eigenvalue weighted by Crippen LogP contribution is 2.25. The van der Waals surface area contributed by atoms with E-state index in [0.29, 0.717) is 11.3 Å². The van der Waals surface area contributed by atoms with Crippen molar-refractivity contribution in [2.75, 3.05) is 7.11 Å². The van der Waals surface area contributed by atoms with Crippen molar-refractivity contribution < 1.29 is 33.8 Å². The Morgan fingerprint density at radius 1 is 1.11 bits per heavy atom. The first-order chi connectivity index (χ1) is 12.9. The lowest BCUT2D eigenvalue weighted by atomic mass is 9.89. The van der Waals surface area contributed by atoms with Gasteiger partial charge in [-0.05, 0) is 30.5 Å². The molecule has 1 aliphatic rings. The van der Waals surface area contributed by atoms with Crippen LogP contribution in [-0.2, 0) is 30.3 Å². The molecule has 1 aromatic rings. The largest absolute Gasteiger partial charge is 0.474 e. The Morgan fingerprint density at radius 3 is 2.30 bits per heavy atom. The summed E-state index contributed by atoms with van der Waals surface area (Å²) in [6, 6.07) is 5.36. The first-order valence-electron chi connectivity index (χ1n) is 8.83. The van der Waals surface area contributed by atoms with E-state index in [1.165, 1.54) is 0 Å². The van der Waals surface area contributed by atoms with Crippen molar-refractivity contribution in [1.29, 1.82) is 0 Å². The summed E-state index contributed by atoms with van der Waals surface area (Å²) < 4.78 is 9.99. The van der Waals surface area contributed by atoms with Crippen LogP contribution in [0, 0.1) is 5.92 Å². The van der Waals surface area contributed by atoms with Gasteiger partial charge in [0.2, 0.25) is 0 Å². The molecule has 2 rings (SSSR count). The molecule has 1 atom stereocenters. The van der Waals surface area contributed by atoms with Crippen molar-refractivity contribution in [2.45, 2.75) is 44.6 Å². The van der Waals surface area contributed by atoms with E-state index >= 15 is 0 Å². The molecule has 0 spiro atoms. The monoisotopic (exact) mass is 377 g/mol. The molecule has 8 heteroatoms. The molecule has 146 valence electrons. The molecular formula is C19H23NO7. The number of carbonyl (C=O) groups is 4. The molecule has 0 aliphatic heterocycles. The summed E-state index contributed by atoms with van der Waals surface area (Å²) in [6.45, 7) is 0. The molecule has 0 unspecified atom stereocenters. The molecule has 0 aromatic heterocycles. The maximum Gasteiger partial charge on any atom is 0.394 e. The number of nitrogens with one attached hydrogen (secondary N) is 1. The van der Waals surface area contributed by atoms with Gasteiger partial charge in [-0.2, -0.15) is 0 Å². The lowest BCUT2D eigenvalue weighted by Crippen LogP contribution is -2.45. The third-order valence-electron chi connectivity index (χ3n) is 4.51. The number of methoxy groups -OCH3 is 1. The molecule has 8 nitrogen and oxygen atoms in total. The number of benzene rings is 1. The number of ether oxygens (including phenoxy) is 2. The highest BCUT2D eigenvalue weighted by Gasteiger charge is 2.25. The Labute approximate surface area is 156 Å². The molecule has 1 aromatic carbocycles. The highest BCUT2D eigenvalue weighted by molar-refractivity contribution is 6.31. The molecule has 1 fully saturated rings. The van der Waals surface area contributed by atoms with Crippen LogP contribution < -0.4 is 10.1 Å². The lowest BCUT2D eigenvalue weighted by Gasteiger charge is -2.20. The summed E-state index contributed by atoms with van der Waals surface area (Å²) in [5.41, 5.74) is 0.647. The number of hydrogen-bond acceptors (Lipinski definition) is 6. The smallest absolute Gasteiger partial charge is 0.394 e. The van der Waals surface area contributed by atoms with E-state index in [1.54, 1.807) is 24.3 Å². The van der Waals surface area contributed by atoms with Gasteiger partial charge in [-0.1, -0.05) is 31.4 Å². The van der Waals surface area contributed by atoms with Gasteiger partial charge in [0.05, 0.1) is 13.0 Å². The molecule has 27 heavy (non-hydrogen) atoms. The van der Waals surface area contributed by atoms with Crippen LogP contribution in [-0.4, -0.2) is 42.1 Å². The molecule has 0 saturated heterocycles. The van der Waals surface area contributed by atoms with Crippen LogP contribution in [0.15, 0.2) is 24.3 Å². The normalized spacial score (nSPS) is 15.4. The van der Waals surface area contributed by atoms with E-state index in [9.17, 15) is 19.2 Å². The van der Waals surface area contributed by atoms with Gasteiger partial charge in [0, 0.05) is 6.42 Å². The first kappa shape index (κ1) is 20.4. The number of amides is 1. The zero-order chi connectivity index (χ0) is 19.8. The molecule has 1 aliphatic carbocycles. The number of carbonyl (C=O) groups excluding carboxylic acids is 3. The van der Waals surface area contributed by atoms with E-state index in [1.807, 2.05) is 0 Å². The van der Waals surface area contributed by atoms with Crippen LogP contribution in [0.5, 0.6) is 5.75 Å². The Morgan fingerprint density at radius 2 is 1.74 bits per heavy atom. The quantitative estimate of drug-likeness (QED) is 0.437. The summed E-state index contributed by atoms with van der Waals surface area (Å²) in [5, 5.41) is 10.8. The predicted molar refractivity (Wildman–Crippen MR) is 93.9 cm³/mol. The number of hydrogen-bond donors (Lipinski definition) is 2. The Balaban J connectivity index is 1.97. The average molecular weight is 377 g/mol. The summed E-state index contributed by atoms with van der Waals surface area (Å²) in [7, 11) is 1.15. The number of carboxylic acids is 1. The minimum absolute atomic E-state index is 0.0442. The maximum absolute atomic E-state index is 12.2. The van der Waals surface area contributed by atoms with Crippen molar-refractivity contribution in [1.82, 2.24) is 5.32 Å². The second-order valence-electron chi connectivity index (χ2n) is 6.46. The molecular weight excluding hydrogens is 354 g/mol. The van der Waals surface area contributed by atoms with E-state index in [0.717, 1.165) is 39.2 Å². The van der Waals surface area contributed by atoms with Gasteiger partial charge in [-0.3, -0.25) is 9.59 Å². The van der Waals surface area contributed by atoms with Gasteiger partial charge in [0.15, 0.2) is 0 Å². The summed E-state index contributed by atoms with van der Waals surface area (Å²) in [6.07, 6.45) is 4.97. The number of rotatable bonds is 6. The van der Waals surface area contributed by atoms with Gasteiger partial charge >= 0.3 is 23.8 Å².